The van der Waals surface area contributed by atoms with Gasteiger partial charge < -0.3 is 19.9 Å². The summed E-state index contributed by atoms with van der Waals surface area (Å²) in [5, 5.41) is 9.11. The molecule has 0 aliphatic heterocycles. The minimum atomic E-state index is -0.677. The molecule has 0 spiro atoms. The van der Waals surface area contributed by atoms with E-state index in [4.69, 9.17) is 9.26 Å². The summed E-state index contributed by atoms with van der Waals surface area (Å²) in [6.07, 6.45) is -0.677. The van der Waals surface area contributed by atoms with Crippen LogP contribution in [0.3, 0.4) is 0 Å². The van der Waals surface area contributed by atoms with Gasteiger partial charge in [0.2, 0.25) is 5.82 Å². The maximum Gasteiger partial charge on any atom is 0.316 e. The molecule has 2 N–H and O–H groups in total. The number of carbonyl (C=O) groups excluding carboxylic acids is 2. The van der Waals surface area contributed by atoms with Crippen molar-refractivity contribution in [3.63, 3.8) is 0 Å². The van der Waals surface area contributed by atoms with Gasteiger partial charge in [0.1, 0.15) is 5.75 Å². The highest BCUT2D eigenvalue weighted by molar-refractivity contribution is 9.10. The largest absolute Gasteiger partial charge is 0.481 e. The Morgan fingerprint density at radius 1 is 1.10 bits per heavy atom. The molecule has 150 valence electrons. The van der Waals surface area contributed by atoms with Crippen LogP contribution in [0.1, 0.15) is 17.6 Å². The molecule has 8 nitrogen and oxygen atoms in total. The van der Waals surface area contributed by atoms with Crippen molar-refractivity contribution < 1.29 is 18.8 Å². The minimum Gasteiger partial charge on any atom is -0.481 e. The standard InChI is InChI=1S/C20H19BrN4O4/c1-13(28-16-9-5-8-15(21)12-16)18(26)22-10-11-23-19(27)20-24-17(25-29-20)14-6-3-2-4-7-14/h2-9,12-13H,10-11H2,1H3,(H,22,26)(H,23,27). The second-order valence-electron chi connectivity index (χ2n) is 6.05. The van der Waals surface area contributed by atoms with Crippen molar-refractivity contribution >= 4 is 27.7 Å². The third-order valence-electron chi connectivity index (χ3n) is 3.84. The van der Waals surface area contributed by atoms with Gasteiger partial charge in [-0.1, -0.05) is 57.5 Å². The van der Waals surface area contributed by atoms with E-state index < -0.39 is 12.0 Å². The van der Waals surface area contributed by atoms with E-state index in [-0.39, 0.29) is 24.9 Å². The molecule has 1 heterocycles. The normalized spacial score (nSPS) is 11.5. The molecular weight excluding hydrogens is 440 g/mol. The number of hydrogen-bond donors (Lipinski definition) is 2. The quantitative estimate of drug-likeness (QED) is 0.502. The van der Waals surface area contributed by atoms with Gasteiger partial charge in [0.15, 0.2) is 6.10 Å². The van der Waals surface area contributed by atoms with Crippen molar-refractivity contribution in [2.24, 2.45) is 0 Å². The molecule has 1 atom stereocenters. The Balaban J connectivity index is 1.41. The molecule has 3 aromatic rings. The van der Waals surface area contributed by atoms with Crippen molar-refractivity contribution in [2.75, 3.05) is 13.1 Å². The van der Waals surface area contributed by atoms with E-state index in [0.29, 0.717) is 11.6 Å². The SMILES string of the molecule is CC(Oc1cccc(Br)c1)C(=O)NCCNC(=O)c1nc(-c2ccccc2)no1. The van der Waals surface area contributed by atoms with Gasteiger partial charge in [-0.3, -0.25) is 9.59 Å². The van der Waals surface area contributed by atoms with Crippen molar-refractivity contribution in [3.8, 4) is 17.1 Å². The Hall–Kier alpha value is -3.20. The third kappa shape index (κ3) is 5.89. The van der Waals surface area contributed by atoms with E-state index in [1.165, 1.54) is 0 Å². The van der Waals surface area contributed by atoms with Crippen LogP contribution >= 0.6 is 15.9 Å². The fourth-order valence-corrected chi connectivity index (χ4v) is 2.78. The zero-order valence-electron chi connectivity index (χ0n) is 15.6. The maximum absolute atomic E-state index is 12.1. The van der Waals surface area contributed by atoms with Crippen molar-refractivity contribution in [3.05, 3.63) is 65.0 Å². The first-order valence-corrected chi connectivity index (χ1v) is 9.69. The molecule has 0 fully saturated rings. The lowest BCUT2D eigenvalue weighted by molar-refractivity contribution is -0.127. The maximum atomic E-state index is 12.1. The molecule has 0 radical (unpaired) electrons. The number of aromatic nitrogens is 2. The summed E-state index contributed by atoms with van der Waals surface area (Å²) < 4.78 is 11.4. The number of carbonyl (C=O) groups is 2. The van der Waals surface area contributed by atoms with E-state index in [9.17, 15) is 9.59 Å². The summed E-state index contributed by atoms with van der Waals surface area (Å²) in [7, 11) is 0. The Kier molecular flexibility index (Phi) is 6.96. The van der Waals surface area contributed by atoms with E-state index in [2.05, 4.69) is 36.7 Å². The molecule has 0 bridgehead atoms. The number of hydrogen-bond acceptors (Lipinski definition) is 6. The molecule has 2 aromatic carbocycles. The summed E-state index contributed by atoms with van der Waals surface area (Å²) in [6, 6.07) is 16.4. The first kappa shape index (κ1) is 20.5. The lowest BCUT2D eigenvalue weighted by atomic mass is 10.2. The number of halogens is 1. The molecule has 2 amide bonds. The van der Waals surface area contributed by atoms with Gasteiger partial charge in [0, 0.05) is 23.1 Å². The third-order valence-corrected chi connectivity index (χ3v) is 4.33. The van der Waals surface area contributed by atoms with Crippen LogP contribution in [0.5, 0.6) is 5.75 Å². The topological polar surface area (TPSA) is 106 Å². The van der Waals surface area contributed by atoms with Crippen molar-refractivity contribution in [1.29, 1.82) is 0 Å². The van der Waals surface area contributed by atoms with Crippen molar-refractivity contribution in [2.45, 2.75) is 13.0 Å². The first-order chi connectivity index (χ1) is 14.0. The second kappa shape index (κ2) is 9.83. The van der Waals surface area contributed by atoms with Crippen LogP contribution in [-0.2, 0) is 4.79 Å². The zero-order chi connectivity index (χ0) is 20.6. The predicted molar refractivity (Wildman–Crippen MR) is 109 cm³/mol. The lowest BCUT2D eigenvalue weighted by Crippen LogP contribution is -2.40. The second-order valence-corrected chi connectivity index (χ2v) is 6.97. The number of ether oxygens (including phenoxy) is 1. The molecule has 29 heavy (non-hydrogen) atoms. The molecule has 0 aliphatic carbocycles. The molecule has 3 rings (SSSR count). The molecule has 0 saturated heterocycles. The van der Waals surface area contributed by atoms with E-state index in [0.717, 1.165) is 10.0 Å². The molecule has 0 aliphatic rings. The predicted octanol–water partition coefficient (Wildman–Crippen LogP) is 2.81. The summed E-state index contributed by atoms with van der Waals surface area (Å²) in [4.78, 5) is 28.3. The summed E-state index contributed by atoms with van der Waals surface area (Å²) in [6.45, 7) is 2.09. The number of nitrogens with zero attached hydrogens (tertiary/aromatic N) is 2. The summed E-state index contributed by atoms with van der Waals surface area (Å²) in [5.41, 5.74) is 0.752. The van der Waals surface area contributed by atoms with E-state index in [1.807, 2.05) is 42.5 Å². The fourth-order valence-electron chi connectivity index (χ4n) is 2.40. The van der Waals surface area contributed by atoms with Crippen LogP contribution in [-0.4, -0.2) is 41.1 Å². The summed E-state index contributed by atoms with van der Waals surface area (Å²) in [5.74, 6) is -0.0132. The highest BCUT2D eigenvalue weighted by Crippen LogP contribution is 2.19. The molecule has 0 saturated carbocycles. The number of benzene rings is 2. The molecule has 9 heteroatoms. The monoisotopic (exact) mass is 458 g/mol. The highest BCUT2D eigenvalue weighted by atomic mass is 79.9. The van der Waals surface area contributed by atoms with Crippen LogP contribution < -0.4 is 15.4 Å². The average Bonchev–Trinajstić information content (AvgIpc) is 3.22. The highest BCUT2D eigenvalue weighted by Gasteiger charge is 2.17. The Morgan fingerprint density at radius 3 is 2.62 bits per heavy atom. The lowest BCUT2D eigenvalue weighted by Gasteiger charge is -2.15. The van der Waals surface area contributed by atoms with Crippen LogP contribution in [0.15, 0.2) is 63.6 Å². The fraction of sp³-hybridized carbons (Fsp3) is 0.200. The Labute approximate surface area is 175 Å². The average molecular weight is 459 g/mol. The zero-order valence-corrected chi connectivity index (χ0v) is 17.2. The summed E-state index contributed by atoms with van der Waals surface area (Å²) >= 11 is 3.35. The molecule has 1 unspecified atom stereocenters. The van der Waals surface area contributed by atoms with Crippen LogP contribution in [0.4, 0.5) is 0 Å². The molecular formula is C20H19BrN4O4. The van der Waals surface area contributed by atoms with Crippen LogP contribution in [0, 0.1) is 0 Å². The Bertz CT molecular complexity index is 977. The van der Waals surface area contributed by atoms with Gasteiger partial charge in [-0.2, -0.15) is 4.98 Å². The van der Waals surface area contributed by atoms with Crippen LogP contribution in [0.2, 0.25) is 0 Å². The van der Waals surface area contributed by atoms with E-state index in [1.54, 1.807) is 19.1 Å². The van der Waals surface area contributed by atoms with Gasteiger partial charge in [0.05, 0.1) is 0 Å². The Morgan fingerprint density at radius 2 is 1.86 bits per heavy atom. The van der Waals surface area contributed by atoms with Gasteiger partial charge in [0.25, 0.3) is 5.91 Å². The van der Waals surface area contributed by atoms with Gasteiger partial charge >= 0.3 is 11.8 Å². The number of rotatable bonds is 8. The van der Waals surface area contributed by atoms with Gasteiger partial charge in [-0.05, 0) is 25.1 Å². The van der Waals surface area contributed by atoms with Crippen molar-refractivity contribution in [1.82, 2.24) is 20.8 Å². The number of amides is 2. The minimum absolute atomic E-state index is 0.137. The van der Waals surface area contributed by atoms with E-state index >= 15 is 0 Å². The molecule has 1 aromatic heterocycles. The van der Waals surface area contributed by atoms with Gasteiger partial charge in [-0.25, -0.2) is 0 Å². The smallest absolute Gasteiger partial charge is 0.316 e. The van der Waals surface area contributed by atoms with Crippen LogP contribution in [0.25, 0.3) is 11.4 Å². The first-order valence-electron chi connectivity index (χ1n) is 8.90. The number of nitrogens with one attached hydrogen (secondary N) is 2. The van der Waals surface area contributed by atoms with Gasteiger partial charge in [-0.15, -0.1) is 0 Å².